The van der Waals surface area contributed by atoms with Crippen molar-refractivity contribution >= 4 is 22.6 Å². The van der Waals surface area contributed by atoms with Gasteiger partial charge in [0.1, 0.15) is 10.2 Å². The lowest BCUT2D eigenvalue weighted by Gasteiger charge is -2.10. The maximum absolute atomic E-state index is 5.70. The summed E-state index contributed by atoms with van der Waals surface area (Å²) in [6.07, 6.45) is 14.2. The van der Waals surface area contributed by atoms with Gasteiger partial charge in [0.25, 0.3) is 0 Å². The third-order valence-corrected chi connectivity index (χ3v) is 4.38. The van der Waals surface area contributed by atoms with Crippen molar-refractivity contribution in [3.8, 4) is 0 Å². The molecule has 0 aromatic rings. The first kappa shape index (κ1) is 16.7. The van der Waals surface area contributed by atoms with Gasteiger partial charge in [0, 0.05) is 0 Å². The summed E-state index contributed by atoms with van der Waals surface area (Å²) in [6, 6.07) is 0. The first-order chi connectivity index (χ1) is 8.83. The van der Waals surface area contributed by atoms with Gasteiger partial charge in [-0.3, -0.25) is 0 Å². The van der Waals surface area contributed by atoms with Crippen molar-refractivity contribution in [2.75, 3.05) is 13.2 Å². The molecule has 0 amide bonds. The van der Waals surface area contributed by atoms with Crippen LogP contribution in [0.5, 0.6) is 0 Å². The van der Waals surface area contributed by atoms with Gasteiger partial charge in [-0.1, -0.05) is 87.3 Å². The van der Waals surface area contributed by atoms with E-state index in [9.17, 15) is 0 Å². The molecule has 0 aromatic heterocycles. The van der Waals surface area contributed by atoms with E-state index in [1.165, 1.54) is 64.2 Å². The van der Waals surface area contributed by atoms with Crippen molar-refractivity contribution in [1.29, 1.82) is 0 Å². The normalized spacial score (nSPS) is 20.0. The zero-order valence-electron chi connectivity index (χ0n) is 11.8. The number of unbranched alkanes of at least 4 members (excludes halogenated alkanes) is 8. The van der Waals surface area contributed by atoms with E-state index >= 15 is 0 Å². The molecule has 3 heteroatoms. The van der Waals surface area contributed by atoms with Crippen LogP contribution < -0.4 is 0 Å². The Kier molecular flexibility index (Phi) is 10.6. The monoisotopic (exact) mass is 368 g/mol. The van der Waals surface area contributed by atoms with Crippen molar-refractivity contribution in [1.82, 2.24) is 0 Å². The maximum atomic E-state index is 5.70. The summed E-state index contributed by atoms with van der Waals surface area (Å²) < 4.78 is 11.2. The van der Waals surface area contributed by atoms with Crippen molar-refractivity contribution in [3.05, 3.63) is 0 Å². The van der Waals surface area contributed by atoms with Crippen LogP contribution in [0, 0.1) is 0 Å². The highest BCUT2D eigenvalue weighted by Crippen LogP contribution is 2.18. The van der Waals surface area contributed by atoms with Gasteiger partial charge in [-0.25, -0.2) is 0 Å². The minimum absolute atomic E-state index is 0.386. The van der Waals surface area contributed by atoms with Crippen LogP contribution in [0.25, 0.3) is 0 Å². The van der Waals surface area contributed by atoms with Gasteiger partial charge >= 0.3 is 0 Å². The Morgan fingerprint density at radius 1 is 1.06 bits per heavy atom. The highest BCUT2D eigenvalue weighted by molar-refractivity contribution is 14.1. The fourth-order valence-electron chi connectivity index (χ4n) is 2.07. The van der Waals surface area contributed by atoms with E-state index in [1.807, 2.05) is 0 Å². The minimum Gasteiger partial charge on any atom is -0.371 e. The Morgan fingerprint density at radius 2 is 1.61 bits per heavy atom. The molecule has 2 nitrogen and oxygen atoms in total. The predicted molar refractivity (Wildman–Crippen MR) is 85.3 cm³/mol. The van der Waals surface area contributed by atoms with E-state index in [4.69, 9.17) is 9.47 Å². The SMILES string of the molecule is CCCCCCCCCCCC(I)OCC1CO1. The van der Waals surface area contributed by atoms with Gasteiger partial charge in [-0.2, -0.15) is 0 Å². The molecule has 18 heavy (non-hydrogen) atoms. The number of epoxide rings is 1. The molecule has 1 rings (SSSR count). The highest BCUT2D eigenvalue weighted by Gasteiger charge is 2.23. The zero-order valence-corrected chi connectivity index (χ0v) is 14.0. The quantitative estimate of drug-likeness (QED) is 0.196. The Balaban J connectivity index is 1.71. The second-order valence-electron chi connectivity index (χ2n) is 5.32. The van der Waals surface area contributed by atoms with Gasteiger partial charge in [-0.15, -0.1) is 0 Å². The number of rotatable bonds is 13. The van der Waals surface area contributed by atoms with Crippen LogP contribution in [0.3, 0.4) is 0 Å². The van der Waals surface area contributed by atoms with Crippen molar-refractivity contribution in [2.24, 2.45) is 0 Å². The predicted octanol–water partition coefficient (Wildman–Crippen LogP) is 5.08. The lowest BCUT2D eigenvalue weighted by Crippen LogP contribution is -2.09. The van der Waals surface area contributed by atoms with Gasteiger partial charge < -0.3 is 9.47 Å². The second kappa shape index (κ2) is 11.5. The number of halogens is 1. The van der Waals surface area contributed by atoms with E-state index in [2.05, 4.69) is 29.5 Å². The lowest BCUT2D eigenvalue weighted by atomic mass is 10.1. The molecule has 1 fully saturated rings. The summed E-state index contributed by atoms with van der Waals surface area (Å²) in [5.41, 5.74) is 0. The van der Waals surface area contributed by atoms with E-state index in [0.717, 1.165) is 13.2 Å². The number of hydrogen-bond donors (Lipinski definition) is 0. The molecule has 0 bridgehead atoms. The molecule has 0 N–H and O–H groups in total. The van der Waals surface area contributed by atoms with Crippen molar-refractivity contribution in [3.63, 3.8) is 0 Å². The Labute approximate surface area is 126 Å². The molecular weight excluding hydrogens is 339 g/mol. The summed E-state index contributed by atoms with van der Waals surface area (Å²) in [5, 5.41) is 0. The fourth-order valence-corrected chi connectivity index (χ4v) is 2.72. The average molecular weight is 368 g/mol. The van der Waals surface area contributed by atoms with E-state index in [0.29, 0.717) is 10.2 Å². The molecule has 1 aliphatic rings. The topological polar surface area (TPSA) is 21.8 Å². The molecular formula is C15H29IO2. The summed E-state index contributed by atoms with van der Waals surface area (Å²) in [6.45, 7) is 3.98. The molecule has 0 aromatic carbocycles. The van der Waals surface area contributed by atoms with Crippen molar-refractivity contribution in [2.45, 2.75) is 81.3 Å². The van der Waals surface area contributed by atoms with Crippen LogP contribution in [-0.4, -0.2) is 23.4 Å². The molecule has 0 saturated carbocycles. The summed E-state index contributed by atoms with van der Waals surface area (Å²) in [4.78, 5) is 0. The van der Waals surface area contributed by atoms with Gasteiger partial charge in [0.15, 0.2) is 0 Å². The molecule has 0 spiro atoms. The Hall–Kier alpha value is 0.650. The fraction of sp³-hybridized carbons (Fsp3) is 1.00. The van der Waals surface area contributed by atoms with Crippen LogP contribution in [0.1, 0.15) is 71.1 Å². The number of ether oxygens (including phenoxy) is 2. The smallest absolute Gasteiger partial charge is 0.108 e. The largest absolute Gasteiger partial charge is 0.371 e. The van der Waals surface area contributed by atoms with Crippen LogP contribution >= 0.6 is 22.6 Å². The number of hydrogen-bond acceptors (Lipinski definition) is 2. The zero-order chi connectivity index (χ0) is 13.1. The Morgan fingerprint density at radius 3 is 2.17 bits per heavy atom. The molecule has 2 atom stereocenters. The van der Waals surface area contributed by atoms with Crippen LogP contribution in [-0.2, 0) is 9.47 Å². The van der Waals surface area contributed by atoms with Crippen molar-refractivity contribution < 1.29 is 9.47 Å². The van der Waals surface area contributed by atoms with Gasteiger partial charge in [0.2, 0.25) is 0 Å². The standard InChI is InChI=1S/C15H29IO2/c1-2-3-4-5-6-7-8-9-10-11-15(16)18-13-14-12-17-14/h14-15H,2-13H2,1H3. The lowest BCUT2D eigenvalue weighted by molar-refractivity contribution is 0.100. The van der Waals surface area contributed by atoms with Gasteiger partial charge in [-0.05, 0) is 6.42 Å². The average Bonchev–Trinajstić information content (AvgIpc) is 3.18. The van der Waals surface area contributed by atoms with Crippen LogP contribution in [0.2, 0.25) is 0 Å². The first-order valence-corrected chi connectivity index (χ1v) is 8.94. The van der Waals surface area contributed by atoms with Crippen LogP contribution in [0.15, 0.2) is 0 Å². The van der Waals surface area contributed by atoms with Crippen LogP contribution in [0.4, 0.5) is 0 Å². The van der Waals surface area contributed by atoms with E-state index in [-0.39, 0.29) is 0 Å². The molecule has 1 saturated heterocycles. The molecule has 0 aliphatic carbocycles. The Bertz CT molecular complexity index is 183. The van der Waals surface area contributed by atoms with E-state index in [1.54, 1.807) is 0 Å². The highest BCUT2D eigenvalue weighted by atomic mass is 127. The third-order valence-electron chi connectivity index (χ3n) is 3.40. The second-order valence-corrected chi connectivity index (χ2v) is 6.71. The molecule has 1 heterocycles. The van der Waals surface area contributed by atoms with E-state index < -0.39 is 0 Å². The minimum atomic E-state index is 0.386. The van der Waals surface area contributed by atoms with Gasteiger partial charge in [0.05, 0.1) is 13.2 Å². The molecule has 0 radical (unpaired) electrons. The summed E-state index contributed by atoms with van der Waals surface area (Å²) in [7, 11) is 0. The third kappa shape index (κ3) is 10.6. The molecule has 108 valence electrons. The first-order valence-electron chi connectivity index (χ1n) is 7.70. The number of alkyl halides is 1. The maximum Gasteiger partial charge on any atom is 0.108 e. The summed E-state index contributed by atoms with van der Waals surface area (Å²) in [5.74, 6) is 0. The molecule has 2 unspecified atom stereocenters. The summed E-state index contributed by atoms with van der Waals surface area (Å²) >= 11 is 2.41. The molecule has 1 aliphatic heterocycles.